The van der Waals surface area contributed by atoms with E-state index in [1.54, 1.807) is 13.0 Å². The number of ether oxygens (including phenoxy) is 1. The van der Waals surface area contributed by atoms with E-state index in [-0.39, 0.29) is 20.3 Å². The number of allylic oxidation sites excluding steroid dienone is 1. The van der Waals surface area contributed by atoms with E-state index in [1.165, 1.54) is 10.5 Å². The summed E-state index contributed by atoms with van der Waals surface area (Å²) < 4.78 is 35.0. The zero-order valence-electron chi connectivity index (χ0n) is 11.5. The summed E-state index contributed by atoms with van der Waals surface area (Å²) in [5.74, 6) is -1.75. The standard InChI is InChI=1S/C16H16F2OSe/c1-3-5-6-11-7-10-14(20-11)12-8-9-13(19-4-2)16(18)15(12)17/h5-10H,3-4H2,1-2H3. The molecule has 1 nitrogen and oxygen atoms in total. The van der Waals surface area contributed by atoms with Crippen LogP contribution in [0.2, 0.25) is 0 Å². The number of hydrogen-bond acceptors (Lipinski definition) is 1. The van der Waals surface area contributed by atoms with Gasteiger partial charge < -0.3 is 0 Å². The molecule has 0 aliphatic rings. The predicted octanol–water partition coefficient (Wildman–Crippen LogP) is 4.51. The third-order valence-electron chi connectivity index (χ3n) is 2.76. The molecule has 0 aliphatic heterocycles. The molecule has 0 radical (unpaired) electrons. The van der Waals surface area contributed by atoms with Crippen molar-refractivity contribution >= 4 is 20.6 Å². The second kappa shape index (κ2) is 6.87. The Bertz CT molecular complexity index is 617. The Hall–Kier alpha value is -1.38. The molecule has 2 aromatic rings. The van der Waals surface area contributed by atoms with Crippen LogP contribution in [0, 0.1) is 11.6 Å². The summed E-state index contributed by atoms with van der Waals surface area (Å²) in [4.78, 5) is 0. The molecule has 4 heteroatoms. The van der Waals surface area contributed by atoms with E-state index in [0.717, 1.165) is 10.9 Å². The molecule has 2 rings (SSSR count). The molecular weight excluding hydrogens is 325 g/mol. The van der Waals surface area contributed by atoms with Gasteiger partial charge in [0, 0.05) is 0 Å². The van der Waals surface area contributed by atoms with Gasteiger partial charge in [-0.3, -0.25) is 0 Å². The van der Waals surface area contributed by atoms with Gasteiger partial charge in [0.25, 0.3) is 0 Å². The number of hydrogen-bond donors (Lipinski definition) is 0. The van der Waals surface area contributed by atoms with E-state index < -0.39 is 11.6 Å². The van der Waals surface area contributed by atoms with E-state index >= 15 is 0 Å². The van der Waals surface area contributed by atoms with Crippen molar-refractivity contribution in [2.75, 3.05) is 6.61 Å². The molecule has 0 amide bonds. The summed E-state index contributed by atoms with van der Waals surface area (Å²) in [6.45, 7) is 4.12. The molecule has 0 N–H and O–H groups in total. The maximum absolute atomic E-state index is 14.1. The summed E-state index contributed by atoms with van der Waals surface area (Å²) in [7, 11) is 0. The van der Waals surface area contributed by atoms with Crippen LogP contribution in [0.4, 0.5) is 8.78 Å². The molecule has 0 bridgehead atoms. The van der Waals surface area contributed by atoms with Crippen molar-refractivity contribution in [1.29, 1.82) is 0 Å². The summed E-state index contributed by atoms with van der Waals surface area (Å²) in [6, 6.07) is 6.92. The molecule has 1 aromatic carbocycles. The first kappa shape index (κ1) is 15.0. The van der Waals surface area contributed by atoms with E-state index in [1.807, 2.05) is 18.2 Å². The minimum atomic E-state index is -0.904. The average molecular weight is 341 g/mol. The van der Waals surface area contributed by atoms with Crippen molar-refractivity contribution in [1.82, 2.24) is 0 Å². The first-order valence-electron chi connectivity index (χ1n) is 6.54. The van der Waals surface area contributed by atoms with E-state index in [0.29, 0.717) is 12.2 Å². The zero-order valence-corrected chi connectivity index (χ0v) is 13.2. The monoisotopic (exact) mass is 342 g/mol. The fraction of sp³-hybridized carbons (Fsp3) is 0.250. The van der Waals surface area contributed by atoms with Crippen LogP contribution in [-0.2, 0) is 0 Å². The van der Waals surface area contributed by atoms with Crippen molar-refractivity contribution < 1.29 is 13.5 Å². The predicted molar refractivity (Wildman–Crippen MR) is 79.2 cm³/mol. The Morgan fingerprint density at radius 1 is 1.10 bits per heavy atom. The Labute approximate surface area is 123 Å². The maximum atomic E-state index is 14.1. The second-order valence-corrected chi connectivity index (χ2v) is 6.52. The molecular formula is C16H16F2OSe. The van der Waals surface area contributed by atoms with Crippen LogP contribution in [0.3, 0.4) is 0 Å². The Balaban J connectivity index is 2.35. The van der Waals surface area contributed by atoms with Crippen LogP contribution in [0.5, 0.6) is 5.75 Å². The zero-order chi connectivity index (χ0) is 14.5. The Morgan fingerprint density at radius 3 is 2.60 bits per heavy atom. The third-order valence-corrected chi connectivity index (χ3v) is 5.03. The fourth-order valence-corrected chi connectivity index (χ4v) is 3.82. The Morgan fingerprint density at radius 2 is 1.90 bits per heavy atom. The molecule has 0 atom stereocenters. The van der Waals surface area contributed by atoms with Gasteiger partial charge >= 0.3 is 123 Å². The van der Waals surface area contributed by atoms with Crippen molar-refractivity contribution in [3.63, 3.8) is 0 Å². The van der Waals surface area contributed by atoms with Gasteiger partial charge in [0.15, 0.2) is 0 Å². The van der Waals surface area contributed by atoms with Gasteiger partial charge in [0.1, 0.15) is 0 Å². The van der Waals surface area contributed by atoms with Crippen molar-refractivity contribution in [3.8, 4) is 15.8 Å². The molecule has 1 aromatic heterocycles. The number of halogens is 2. The summed E-state index contributed by atoms with van der Waals surface area (Å²) >= 11 is 0.0199. The van der Waals surface area contributed by atoms with E-state index in [9.17, 15) is 8.78 Å². The SMILES string of the molecule is CCC=Cc1ccc(-c2ccc(OCC)c(F)c2F)[se]1. The van der Waals surface area contributed by atoms with Gasteiger partial charge in [-0.1, -0.05) is 0 Å². The van der Waals surface area contributed by atoms with Gasteiger partial charge in [-0.05, 0) is 0 Å². The minimum absolute atomic E-state index is 0.0199. The van der Waals surface area contributed by atoms with Crippen LogP contribution in [0.1, 0.15) is 24.7 Å². The van der Waals surface area contributed by atoms with Crippen molar-refractivity contribution in [2.24, 2.45) is 0 Å². The Kier molecular flexibility index (Phi) is 5.16. The summed E-state index contributed by atoms with van der Waals surface area (Å²) in [5.41, 5.74) is 0.335. The summed E-state index contributed by atoms with van der Waals surface area (Å²) in [5, 5.41) is 0. The molecule has 0 fully saturated rings. The number of rotatable bonds is 5. The molecule has 1 heterocycles. The molecule has 20 heavy (non-hydrogen) atoms. The van der Waals surface area contributed by atoms with Crippen LogP contribution < -0.4 is 4.74 Å². The van der Waals surface area contributed by atoms with Crippen LogP contribution in [0.25, 0.3) is 16.1 Å². The average Bonchev–Trinajstić information content (AvgIpc) is 2.90. The van der Waals surface area contributed by atoms with E-state index in [2.05, 4.69) is 13.0 Å². The molecule has 106 valence electrons. The molecule has 0 spiro atoms. The van der Waals surface area contributed by atoms with Crippen molar-refractivity contribution in [3.05, 3.63) is 46.4 Å². The van der Waals surface area contributed by atoms with Gasteiger partial charge in [0.05, 0.1) is 0 Å². The van der Waals surface area contributed by atoms with Crippen molar-refractivity contribution in [2.45, 2.75) is 20.3 Å². The normalized spacial score (nSPS) is 11.2. The first-order valence-corrected chi connectivity index (χ1v) is 8.26. The molecule has 0 saturated heterocycles. The molecule has 0 aliphatic carbocycles. The van der Waals surface area contributed by atoms with Gasteiger partial charge in [0.2, 0.25) is 0 Å². The molecule has 0 unspecified atom stereocenters. The van der Waals surface area contributed by atoms with Gasteiger partial charge in [-0.25, -0.2) is 0 Å². The topological polar surface area (TPSA) is 9.23 Å². The quantitative estimate of drug-likeness (QED) is 0.727. The van der Waals surface area contributed by atoms with E-state index in [4.69, 9.17) is 4.74 Å². The van der Waals surface area contributed by atoms with Gasteiger partial charge in [-0.15, -0.1) is 0 Å². The number of benzene rings is 1. The first-order chi connectivity index (χ1) is 9.67. The van der Waals surface area contributed by atoms with Crippen LogP contribution >= 0.6 is 0 Å². The third kappa shape index (κ3) is 3.20. The van der Waals surface area contributed by atoms with Crippen LogP contribution in [-0.4, -0.2) is 21.1 Å². The fourth-order valence-electron chi connectivity index (χ4n) is 1.81. The summed E-state index contributed by atoms with van der Waals surface area (Å²) in [6.07, 6.45) is 5.08. The second-order valence-electron chi connectivity index (χ2n) is 4.18. The van der Waals surface area contributed by atoms with Crippen LogP contribution in [0.15, 0.2) is 30.3 Å². The molecule has 0 saturated carbocycles. The van der Waals surface area contributed by atoms with Gasteiger partial charge in [-0.2, -0.15) is 0 Å².